The third-order valence-corrected chi connectivity index (χ3v) is 0.835. The monoisotopic (exact) mass is 189 g/mol. The smallest absolute Gasteiger partial charge is 0.391 e. The van der Waals surface area contributed by atoms with Crippen LogP contribution in [0.15, 0.2) is 0 Å². The van der Waals surface area contributed by atoms with E-state index in [2.05, 4.69) is 4.74 Å². The summed E-state index contributed by atoms with van der Waals surface area (Å²) in [7, 11) is 0. The van der Waals surface area contributed by atoms with Crippen molar-refractivity contribution in [2.75, 3.05) is 6.61 Å². The molecule has 12 heavy (non-hydrogen) atoms. The van der Waals surface area contributed by atoms with Crippen LogP contribution >= 0.6 is 0 Å². The Morgan fingerprint density at radius 3 is 2.33 bits per heavy atom. The number of carboxylic acid groups (broad SMARTS) is 1. The van der Waals surface area contributed by atoms with Crippen molar-refractivity contribution >= 4 is 6.16 Å². The van der Waals surface area contributed by atoms with E-state index in [4.69, 9.17) is 0 Å². The lowest BCUT2D eigenvalue weighted by molar-refractivity contribution is -0.284. The Balaban J connectivity index is 3.60. The highest BCUT2D eigenvalue weighted by molar-refractivity contribution is 5.53. The molecule has 72 valence electrons. The molecule has 0 aliphatic heterocycles. The molecule has 0 saturated carbocycles. The second-order valence-electron chi connectivity index (χ2n) is 1.98. The molecule has 0 radical (unpaired) electrons. The zero-order valence-corrected chi connectivity index (χ0v) is 5.73. The SMILES string of the molecule is O=C([O-])OCC(F)CC(F)(F)F. The maximum absolute atomic E-state index is 12.1. The molecular formula is C5H5F4O3-. The summed E-state index contributed by atoms with van der Waals surface area (Å²) in [5.41, 5.74) is 0. The topological polar surface area (TPSA) is 49.4 Å². The van der Waals surface area contributed by atoms with Gasteiger partial charge in [0.15, 0.2) is 0 Å². The van der Waals surface area contributed by atoms with Gasteiger partial charge in [0.05, 0.1) is 13.0 Å². The van der Waals surface area contributed by atoms with Crippen LogP contribution < -0.4 is 5.11 Å². The van der Waals surface area contributed by atoms with E-state index >= 15 is 0 Å². The first-order valence-corrected chi connectivity index (χ1v) is 2.86. The molecule has 1 atom stereocenters. The van der Waals surface area contributed by atoms with E-state index in [0.29, 0.717) is 0 Å². The second-order valence-corrected chi connectivity index (χ2v) is 1.98. The molecule has 0 N–H and O–H groups in total. The van der Waals surface area contributed by atoms with Crippen molar-refractivity contribution in [3.63, 3.8) is 0 Å². The molecule has 1 unspecified atom stereocenters. The van der Waals surface area contributed by atoms with Gasteiger partial charge in [-0.1, -0.05) is 0 Å². The van der Waals surface area contributed by atoms with Crippen molar-refractivity contribution in [2.24, 2.45) is 0 Å². The minimum absolute atomic E-state index is 1.15. The highest BCUT2D eigenvalue weighted by Crippen LogP contribution is 2.22. The van der Waals surface area contributed by atoms with E-state index in [1.807, 2.05) is 0 Å². The fourth-order valence-electron chi connectivity index (χ4n) is 0.469. The third-order valence-electron chi connectivity index (χ3n) is 0.835. The van der Waals surface area contributed by atoms with Crippen LogP contribution in [0.5, 0.6) is 0 Å². The molecule has 0 fully saturated rings. The van der Waals surface area contributed by atoms with Crippen LogP contribution in [0.4, 0.5) is 22.4 Å². The Morgan fingerprint density at radius 1 is 1.50 bits per heavy atom. The van der Waals surface area contributed by atoms with Crippen molar-refractivity contribution < 1.29 is 32.2 Å². The van der Waals surface area contributed by atoms with E-state index in [-0.39, 0.29) is 0 Å². The molecule has 0 aromatic rings. The molecule has 0 rings (SSSR count). The highest BCUT2D eigenvalue weighted by atomic mass is 19.4. The van der Waals surface area contributed by atoms with Crippen LogP contribution in [0.3, 0.4) is 0 Å². The molecular weight excluding hydrogens is 184 g/mol. The summed E-state index contributed by atoms with van der Waals surface area (Å²) in [4.78, 5) is 9.49. The number of halogens is 4. The first-order chi connectivity index (χ1) is 5.31. The molecule has 7 heteroatoms. The number of rotatable bonds is 3. The molecule has 0 saturated heterocycles. The zero-order chi connectivity index (χ0) is 9.78. The molecule has 0 bridgehead atoms. The Bertz CT molecular complexity index is 155. The van der Waals surface area contributed by atoms with Gasteiger partial charge in [0.25, 0.3) is 6.16 Å². The summed E-state index contributed by atoms with van der Waals surface area (Å²) < 4.78 is 49.7. The molecule has 0 amide bonds. The summed E-state index contributed by atoms with van der Waals surface area (Å²) >= 11 is 0. The maximum atomic E-state index is 12.1. The van der Waals surface area contributed by atoms with Gasteiger partial charge in [0.2, 0.25) is 0 Å². The van der Waals surface area contributed by atoms with Crippen molar-refractivity contribution in [3.05, 3.63) is 0 Å². The fraction of sp³-hybridized carbons (Fsp3) is 0.800. The Kier molecular flexibility index (Phi) is 3.78. The average molecular weight is 189 g/mol. The first kappa shape index (κ1) is 11.0. The first-order valence-electron chi connectivity index (χ1n) is 2.86. The summed E-state index contributed by atoms with van der Waals surface area (Å²) in [6, 6.07) is 0. The number of alkyl halides is 4. The molecule has 0 heterocycles. The lowest BCUT2D eigenvalue weighted by atomic mass is 10.3. The van der Waals surface area contributed by atoms with Gasteiger partial charge in [0.1, 0.15) is 6.17 Å². The Labute approximate surface area is 64.9 Å². The van der Waals surface area contributed by atoms with Crippen LogP contribution in [0.2, 0.25) is 0 Å². The van der Waals surface area contributed by atoms with Gasteiger partial charge in [-0.3, -0.25) is 0 Å². The number of ether oxygens (including phenoxy) is 1. The molecule has 0 aromatic heterocycles. The van der Waals surface area contributed by atoms with Gasteiger partial charge < -0.3 is 14.6 Å². The normalized spacial score (nSPS) is 14.0. The van der Waals surface area contributed by atoms with Gasteiger partial charge in [-0.05, 0) is 0 Å². The summed E-state index contributed by atoms with van der Waals surface area (Å²) in [6.07, 6.45) is -10.8. The van der Waals surface area contributed by atoms with Crippen LogP contribution in [0, 0.1) is 0 Å². The molecule has 0 aliphatic rings. The van der Waals surface area contributed by atoms with Gasteiger partial charge in [-0.25, -0.2) is 4.39 Å². The zero-order valence-electron chi connectivity index (χ0n) is 5.73. The van der Waals surface area contributed by atoms with Crippen molar-refractivity contribution in [2.45, 2.75) is 18.8 Å². The summed E-state index contributed by atoms with van der Waals surface area (Å²) in [6.45, 7) is -1.15. The van der Waals surface area contributed by atoms with Crippen LogP contribution in [-0.2, 0) is 4.74 Å². The summed E-state index contributed by atoms with van der Waals surface area (Å²) in [5.74, 6) is 0. The quantitative estimate of drug-likeness (QED) is 0.483. The maximum Gasteiger partial charge on any atom is 0.391 e. The minimum Gasteiger partial charge on any atom is -0.547 e. The van der Waals surface area contributed by atoms with E-state index in [1.165, 1.54) is 0 Å². The van der Waals surface area contributed by atoms with Crippen molar-refractivity contribution in [1.82, 2.24) is 0 Å². The number of carbonyl (C=O) groups excluding carboxylic acids is 1. The number of carbonyl (C=O) groups is 1. The number of hydrogen-bond acceptors (Lipinski definition) is 3. The predicted octanol–water partition coefficient (Wildman–Crippen LogP) is 0.637. The Hall–Kier alpha value is -1.01. The standard InChI is InChI=1S/C5H6F4O3/c6-3(1-5(7,8)9)2-12-4(10)11/h3H,1-2H2,(H,10,11)/p-1. The van der Waals surface area contributed by atoms with Crippen molar-refractivity contribution in [1.29, 1.82) is 0 Å². The van der Waals surface area contributed by atoms with E-state index in [0.717, 1.165) is 0 Å². The van der Waals surface area contributed by atoms with Crippen molar-refractivity contribution in [3.8, 4) is 0 Å². The van der Waals surface area contributed by atoms with E-state index < -0.39 is 31.5 Å². The third kappa shape index (κ3) is 7.10. The van der Waals surface area contributed by atoms with E-state index in [9.17, 15) is 27.5 Å². The lowest BCUT2D eigenvalue weighted by Gasteiger charge is -2.13. The molecule has 3 nitrogen and oxygen atoms in total. The molecule has 0 aromatic carbocycles. The molecule has 0 aliphatic carbocycles. The number of hydrogen-bond donors (Lipinski definition) is 0. The summed E-state index contributed by atoms with van der Waals surface area (Å²) in [5, 5.41) is 9.49. The largest absolute Gasteiger partial charge is 0.547 e. The predicted molar refractivity (Wildman–Crippen MR) is 26.9 cm³/mol. The van der Waals surface area contributed by atoms with Gasteiger partial charge in [0, 0.05) is 0 Å². The minimum atomic E-state index is -4.66. The second kappa shape index (κ2) is 4.13. The van der Waals surface area contributed by atoms with Crippen LogP contribution in [-0.4, -0.2) is 25.1 Å². The van der Waals surface area contributed by atoms with Gasteiger partial charge >= 0.3 is 6.18 Å². The van der Waals surface area contributed by atoms with Gasteiger partial charge in [-0.2, -0.15) is 13.2 Å². The Morgan fingerprint density at radius 2 is 2.00 bits per heavy atom. The van der Waals surface area contributed by atoms with E-state index in [1.54, 1.807) is 0 Å². The lowest BCUT2D eigenvalue weighted by Crippen LogP contribution is -2.28. The average Bonchev–Trinajstić information content (AvgIpc) is 1.79. The van der Waals surface area contributed by atoms with Gasteiger partial charge in [-0.15, -0.1) is 0 Å². The fourth-order valence-corrected chi connectivity index (χ4v) is 0.469. The highest BCUT2D eigenvalue weighted by Gasteiger charge is 2.31. The van der Waals surface area contributed by atoms with Crippen LogP contribution in [0.25, 0.3) is 0 Å². The van der Waals surface area contributed by atoms with Crippen LogP contribution in [0.1, 0.15) is 6.42 Å². The molecule has 0 spiro atoms.